The second kappa shape index (κ2) is 3.94. The highest BCUT2D eigenvalue weighted by Crippen LogP contribution is 2.65. The second-order valence-corrected chi connectivity index (χ2v) is 5.95. The molecule has 4 rings (SSSR count). The maximum atomic E-state index is 9.68. The van der Waals surface area contributed by atoms with E-state index < -0.39 is 0 Å². The molecule has 2 aromatic carbocycles. The Morgan fingerprint density at radius 1 is 1.00 bits per heavy atom. The van der Waals surface area contributed by atoms with Crippen LogP contribution >= 0.6 is 0 Å². The van der Waals surface area contributed by atoms with Crippen molar-refractivity contribution in [2.45, 2.75) is 18.3 Å². The van der Waals surface area contributed by atoms with E-state index in [1.807, 2.05) is 0 Å². The van der Waals surface area contributed by atoms with Crippen LogP contribution in [0, 0.1) is 11.8 Å². The minimum Gasteiger partial charge on any atom is -0.396 e. The van der Waals surface area contributed by atoms with Crippen LogP contribution in [0.1, 0.15) is 23.1 Å². The SMILES string of the molecule is OC[C@@H]1Cc2ccccc2[C@@]2(c3ccccc3)C[C@@H]12. The van der Waals surface area contributed by atoms with Gasteiger partial charge in [0.25, 0.3) is 0 Å². The first kappa shape index (κ1) is 11.2. The van der Waals surface area contributed by atoms with E-state index in [0.29, 0.717) is 18.4 Å². The van der Waals surface area contributed by atoms with Gasteiger partial charge in [0.2, 0.25) is 0 Å². The number of aliphatic hydroxyl groups is 1. The normalized spacial score (nSPS) is 31.4. The Balaban J connectivity index is 1.90. The van der Waals surface area contributed by atoms with Crippen molar-refractivity contribution in [3.8, 4) is 0 Å². The average Bonchev–Trinajstić information content (AvgIpc) is 3.24. The van der Waals surface area contributed by atoms with Crippen LogP contribution in [0.2, 0.25) is 0 Å². The van der Waals surface area contributed by atoms with Crippen LogP contribution < -0.4 is 0 Å². The minimum atomic E-state index is 0.184. The molecule has 1 fully saturated rings. The third-order valence-electron chi connectivity index (χ3n) is 5.09. The van der Waals surface area contributed by atoms with Crippen molar-refractivity contribution in [1.29, 1.82) is 0 Å². The smallest absolute Gasteiger partial charge is 0.0465 e. The summed E-state index contributed by atoms with van der Waals surface area (Å²) in [6.45, 7) is 0.313. The van der Waals surface area contributed by atoms with Gasteiger partial charge >= 0.3 is 0 Å². The van der Waals surface area contributed by atoms with Crippen molar-refractivity contribution in [2.75, 3.05) is 6.61 Å². The first-order valence-electron chi connectivity index (χ1n) is 7.11. The number of fused-ring (bicyclic) bond motifs is 3. The molecule has 96 valence electrons. The lowest BCUT2D eigenvalue weighted by Gasteiger charge is -2.30. The maximum absolute atomic E-state index is 9.68. The second-order valence-electron chi connectivity index (χ2n) is 5.95. The summed E-state index contributed by atoms with van der Waals surface area (Å²) in [5.41, 5.74) is 4.53. The molecule has 0 aliphatic heterocycles. The molecule has 1 N–H and O–H groups in total. The van der Waals surface area contributed by atoms with Crippen LogP contribution in [0.5, 0.6) is 0 Å². The lowest BCUT2D eigenvalue weighted by Crippen LogP contribution is -2.27. The molecule has 1 heteroatoms. The van der Waals surface area contributed by atoms with Gasteiger partial charge in [-0.2, -0.15) is 0 Å². The van der Waals surface area contributed by atoms with Crippen LogP contribution in [-0.2, 0) is 11.8 Å². The van der Waals surface area contributed by atoms with E-state index in [1.54, 1.807) is 0 Å². The monoisotopic (exact) mass is 250 g/mol. The molecule has 0 bridgehead atoms. The zero-order chi connectivity index (χ0) is 12.9. The van der Waals surface area contributed by atoms with Crippen molar-refractivity contribution in [3.63, 3.8) is 0 Å². The van der Waals surface area contributed by atoms with Gasteiger partial charge in [0.1, 0.15) is 0 Å². The Morgan fingerprint density at radius 2 is 1.74 bits per heavy atom. The number of rotatable bonds is 2. The highest BCUT2D eigenvalue weighted by molar-refractivity contribution is 5.53. The van der Waals surface area contributed by atoms with Gasteiger partial charge in [-0.15, -0.1) is 0 Å². The Morgan fingerprint density at radius 3 is 2.53 bits per heavy atom. The molecule has 0 unspecified atom stereocenters. The molecule has 0 spiro atoms. The molecule has 3 atom stereocenters. The summed E-state index contributed by atoms with van der Waals surface area (Å²) in [7, 11) is 0. The summed E-state index contributed by atoms with van der Waals surface area (Å²) in [6.07, 6.45) is 2.23. The summed E-state index contributed by atoms with van der Waals surface area (Å²) < 4.78 is 0. The van der Waals surface area contributed by atoms with Crippen LogP contribution in [0.4, 0.5) is 0 Å². The summed E-state index contributed by atoms with van der Waals surface area (Å²) in [5, 5.41) is 9.68. The quantitative estimate of drug-likeness (QED) is 0.868. The van der Waals surface area contributed by atoms with Crippen molar-refractivity contribution in [3.05, 3.63) is 71.3 Å². The number of hydrogen-bond donors (Lipinski definition) is 1. The molecule has 19 heavy (non-hydrogen) atoms. The Bertz CT molecular complexity index is 604. The van der Waals surface area contributed by atoms with Gasteiger partial charge in [-0.05, 0) is 41.4 Å². The molecule has 0 heterocycles. The summed E-state index contributed by atoms with van der Waals surface area (Å²) in [4.78, 5) is 0. The van der Waals surface area contributed by atoms with E-state index in [9.17, 15) is 5.11 Å². The zero-order valence-corrected chi connectivity index (χ0v) is 10.9. The fourth-order valence-electron chi connectivity index (χ4n) is 4.14. The standard InChI is InChI=1S/C18H18O/c19-12-14-10-13-6-4-5-9-16(13)18(11-17(14)18)15-7-2-1-3-8-15/h1-9,14,17,19H,10-12H2/t14-,17-,18-/m0/s1. The third kappa shape index (κ3) is 1.45. The van der Waals surface area contributed by atoms with Crippen molar-refractivity contribution in [1.82, 2.24) is 0 Å². The van der Waals surface area contributed by atoms with Gasteiger partial charge in [0.05, 0.1) is 0 Å². The van der Waals surface area contributed by atoms with Gasteiger partial charge in [-0.3, -0.25) is 0 Å². The molecule has 0 amide bonds. The van der Waals surface area contributed by atoms with Crippen molar-refractivity contribution < 1.29 is 5.11 Å². The zero-order valence-electron chi connectivity index (χ0n) is 10.9. The molecular formula is C18H18O. The van der Waals surface area contributed by atoms with E-state index in [2.05, 4.69) is 54.6 Å². The molecule has 1 saturated carbocycles. The molecule has 1 nitrogen and oxygen atoms in total. The molecule has 2 aliphatic rings. The van der Waals surface area contributed by atoms with Gasteiger partial charge in [0.15, 0.2) is 0 Å². The fraction of sp³-hybridized carbons (Fsp3) is 0.333. The Labute approximate surface area is 113 Å². The predicted molar refractivity (Wildman–Crippen MR) is 76.1 cm³/mol. The maximum Gasteiger partial charge on any atom is 0.0465 e. The summed E-state index contributed by atoms with van der Waals surface area (Å²) >= 11 is 0. The van der Waals surface area contributed by atoms with Gasteiger partial charge in [-0.1, -0.05) is 54.6 Å². The lowest BCUT2D eigenvalue weighted by molar-refractivity contribution is 0.198. The molecule has 2 aliphatic carbocycles. The Kier molecular flexibility index (Phi) is 2.33. The first-order chi connectivity index (χ1) is 9.36. The largest absolute Gasteiger partial charge is 0.396 e. The topological polar surface area (TPSA) is 20.2 Å². The van der Waals surface area contributed by atoms with Gasteiger partial charge < -0.3 is 5.11 Å². The van der Waals surface area contributed by atoms with E-state index in [4.69, 9.17) is 0 Å². The molecule has 2 aromatic rings. The first-order valence-corrected chi connectivity index (χ1v) is 7.11. The van der Waals surface area contributed by atoms with Gasteiger partial charge in [0, 0.05) is 12.0 Å². The van der Waals surface area contributed by atoms with Crippen LogP contribution in [-0.4, -0.2) is 11.7 Å². The van der Waals surface area contributed by atoms with E-state index in [-0.39, 0.29) is 5.41 Å². The van der Waals surface area contributed by atoms with Crippen molar-refractivity contribution in [2.24, 2.45) is 11.8 Å². The minimum absolute atomic E-state index is 0.184. The predicted octanol–water partition coefficient (Wildman–Crippen LogP) is 3.16. The fourth-order valence-corrected chi connectivity index (χ4v) is 4.14. The average molecular weight is 250 g/mol. The molecule has 0 saturated heterocycles. The molecular weight excluding hydrogens is 232 g/mol. The highest BCUT2D eigenvalue weighted by atomic mass is 16.3. The number of hydrogen-bond acceptors (Lipinski definition) is 1. The van der Waals surface area contributed by atoms with E-state index >= 15 is 0 Å². The van der Waals surface area contributed by atoms with E-state index in [1.165, 1.54) is 23.1 Å². The molecule has 0 radical (unpaired) electrons. The van der Waals surface area contributed by atoms with E-state index in [0.717, 1.165) is 6.42 Å². The number of benzene rings is 2. The van der Waals surface area contributed by atoms with Crippen molar-refractivity contribution >= 4 is 0 Å². The van der Waals surface area contributed by atoms with Crippen LogP contribution in [0.25, 0.3) is 0 Å². The Hall–Kier alpha value is -1.60. The third-order valence-corrected chi connectivity index (χ3v) is 5.09. The summed E-state index contributed by atoms with van der Waals surface area (Å²) in [6, 6.07) is 19.6. The van der Waals surface area contributed by atoms with Crippen LogP contribution in [0.3, 0.4) is 0 Å². The molecule has 0 aromatic heterocycles. The van der Waals surface area contributed by atoms with Crippen LogP contribution in [0.15, 0.2) is 54.6 Å². The van der Waals surface area contributed by atoms with Gasteiger partial charge in [-0.25, -0.2) is 0 Å². The highest BCUT2D eigenvalue weighted by Gasteiger charge is 2.61. The lowest BCUT2D eigenvalue weighted by atomic mass is 9.74. The summed E-state index contributed by atoms with van der Waals surface area (Å²) in [5.74, 6) is 1.05. The number of aliphatic hydroxyl groups excluding tert-OH is 1.